The van der Waals surface area contributed by atoms with Crippen molar-refractivity contribution >= 4 is 19.8 Å². The Morgan fingerprint density at radius 3 is 1.50 bits per heavy atom. The second-order valence-electron chi connectivity index (χ2n) is 9.03. The Labute approximate surface area is 206 Å². The monoisotopic (exact) mass is 508 g/mol. The first kappa shape index (κ1) is 33.0. The van der Waals surface area contributed by atoms with Crippen LogP contribution >= 0.6 is 7.82 Å². The largest absolute Gasteiger partial charge is 0.469 e. The van der Waals surface area contributed by atoms with Crippen molar-refractivity contribution in [1.82, 2.24) is 0 Å². The molecule has 9 heteroatoms. The van der Waals surface area contributed by atoms with Gasteiger partial charge in [-0.1, -0.05) is 104 Å². The first-order chi connectivity index (χ1) is 16.3. The first-order valence-electron chi connectivity index (χ1n) is 13.3. The fraction of sp³-hybridized carbons (Fsp3) is 0.920. The van der Waals surface area contributed by atoms with E-state index in [0.717, 1.165) is 51.4 Å². The molecular formula is C25H49O8P. The lowest BCUT2D eigenvalue weighted by Gasteiger charge is -2.18. The van der Waals surface area contributed by atoms with Crippen molar-refractivity contribution in [3.8, 4) is 0 Å². The number of hydrogen-bond donors (Lipinski definition) is 2. The van der Waals surface area contributed by atoms with Crippen LogP contribution in [0.5, 0.6) is 0 Å². The highest BCUT2D eigenvalue weighted by Crippen LogP contribution is 2.35. The number of hydrogen-bond acceptors (Lipinski definition) is 6. The minimum Gasteiger partial charge on any atom is -0.462 e. The highest BCUT2D eigenvalue weighted by molar-refractivity contribution is 7.46. The van der Waals surface area contributed by atoms with Gasteiger partial charge < -0.3 is 19.3 Å². The highest BCUT2D eigenvalue weighted by atomic mass is 31.2. The van der Waals surface area contributed by atoms with Crippen LogP contribution in [-0.2, 0) is 28.2 Å². The predicted molar refractivity (Wildman–Crippen MR) is 133 cm³/mol. The summed E-state index contributed by atoms with van der Waals surface area (Å²) >= 11 is 0. The van der Waals surface area contributed by atoms with Gasteiger partial charge in [0.2, 0.25) is 0 Å². The van der Waals surface area contributed by atoms with Gasteiger partial charge in [0.25, 0.3) is 0 Å². The van der Waals surface area contributed by atoms with Crippen molar-refractivity contribution in [1.29, 1.82) is 0 Å². The van der Waals surface area contributed by atoms with Gasteiger partial charge in [-0.3, -0.25) is 14.1 Å². The number of phosphoric ester groups is 1. The minimum absolute atomic E-state index is 0.217. The zero-order chi connectivity index (χ0) is 25.5. The van der Waals surface area contributed by atoms with E-state index >= 15 is 0 Å². The number of esters is 2. The zero-order valence-corrected chi connectivity index (χ0v) is 22.4. The predicted octanol–water partition coefficient (Wildman–Crippen LogP) is 6.61. The summed E-state index contributed by atoms with van der Waals surface area (Å²) in [5.41, 5.74) is 0. The molecule has 0 aliphatic carbocycles. The number of unbranched alkanes of at least 4 members (excludes halogenated alkanes) is 14. The molecule has 0 rings (SSSR count). The highest BCUT2D eigenvalue weighted by Gasteiger charge is 2.22. The van der Waals surface area contributed by atoms with Crippen LogP contribution in [0.15, 0.2) is 0 Å². The lowest BCUT2D eigenvalue weighted by molar-refractivity contribution is -0.161. The van der Waals surface area contributed by atoms with Gasteiger partial charge >= 0.3 is 19.8 Å². The quantitative estimate of drug-likeness (QED) is 0.0849. The number of ether oxygens (including phenoxy) is 2. The van der Waals surface area contributed by atoms with Gasteiger partial charge in [-0.25, -0.2) is 4.57 Å². The fourth-order valence-electron chi connectivity index (χ4n) is 3.61. The van der Waals surface area contributed by atoms with Crippen LogP contribution in [0.2, 0.25) is 0 Å². The van der Waals surface area contributed by atoms with Gasteiger partial charge in [0.15, 0.2) is 6.10 Å². The van der Waals surface area contributed by atoms with Gasteiger partial charge in [0.05, 0.1) is 6.61 Å². The van der Waals surface area contributed by atoms with Crippen LogP contribution < -0.4 is 0 Å². The number of carbonyl (C=O) groups excluding carboxylic acids is 2. The maximum absolute atomic E-state index is 12.1. The van der Waals surface area contributed by atoms with Crippen LogP contribution in [0.3, 0.4) is 0 Å². The molecular weight excluding hydrogens is 459 g/mol. The molecule has 0 aliphatic rings. The molecule has 0 spiro atoms. The van der Waals surface area contributed by atoms with E-state index in [2.05, 4.69) is 18.4 Å². The third-order valence-electron chi connectivity index (χ3n) is 5.63. The fourth-order valence-corrected chi connectivity index (χ4v) is 3.97. The van der Waals surface area contributed by atoms with Crippen LogP contribution in [0.4, 0.5) is 0 Å². The molecule has 0 aromatic carbocycles. The van der Waals surface area contributed by atoms with Crippen molar-refractivity contribution in [2.45, 2.75) is 136 Å². The van der Waals surface area contributed by atoms with Crippen molar-refractivity contribution in [2.24, 2.45) is 0 Å². The number of carbonyl (C=O) groups is 2. The Bertz CT molecular complexity index is 549. The Morgan fingerprint density at radius 1 is 0.647 bits per heavy atom. The first-order valence-corrected chi connectivity index (χ1v) is 14.9. The molecule has 0 heterocycles. The Hall–Kier alpha value is -0.950. The molecule has 8 nitrogen and oxygen atoms in total. The third kappa shape index (κ3) is 24.2. The van der Waals surface area contributed by atoms with E-state index in [-0.39, 0.29) is 19.4 Å². The molecule has 34 heavy (non-hydrogen) atoms. The van der Waals surface area contributed by atoms with Gasteiger partial charge in [-0.2, -0.15) is 0 Å². The second-order valence-corrected chi connectivity index (χ2v) is 10.3. The summed E-state index contributed by atoms with van der Waals surface area (Å²) in [5, 5.41) is 0. The molecule has 0 fully saturated rings. The normalized spacial score (nSPS) is 12.5. The lowest BCUT2D eigenvalue weighted by Crippen LogP contribution is -2.29. The summed E-state index contributed by atoms with van der Waals surface area (Å²) in [4.78, 5) is 41.9. The van der Waals surface area contributed by atoms with Gasteiger partial charge in [-0.15, -0.1) is 0 Å². The van der Waals surface area contributed by atoms with Crippen molar-refractivity contribution in [3.05, 3.63) is 0 Å². The third-order valence-corrected chi connectivity index (χ3v) is 6.11. The average molecular weight is 509 g/mol. The molecule has 0 aromatic rings. The summed E-state index contributed by atoms with van der Waals surface area (Å²) in [6, 6.07) is 0. The molecule has 0 radical (unpaired) electrons. The Kier molecular flexibility index (Phi) is 21.9. The average Bonchev–Trinajstić information content (AvgIpc) is 2.78. The van der Waals surface area contributed by atoms with E-state index in [4.69, 9.17) is 19.3 Å². The van der Waals surface area contributed by atoms with E-state index in [1.807, 2.05) is 0 Å². The molecule has 2 N–H and O–H groups in total. The van der Waals surface area contributed by atoms with Gasteiger partial charge in [0, 0.05) is 12.8 Å². The van der Waals surface area contributed by atoms with Crippen molar-refractivity contribution in [2.75, 3.05) is 13.2 Å². The van der Waals surface area contributed by atoms with E-state index in [1.165, 1.54) is 44.9 Å². The summed E-state index contributed by atoms with van der Waals surface area (Å²) in [7, 11) is -4.72. The van der Waals surface area contributed by atoms with E-state index in [9.17, 15) is 14.2 Å². The minimum atomic E-state index is -4.72. The topological polar surface area (TPSA) is 119 Å². The lowest BCUT2D eigenvalue weighted by atomic mass is 10.1. The van der Waals surface area contributed by atoms with E-state index in [1.54, 1.807) is 0 Å². The summed E-state index contributed by atoms with van der Waals surface area (Å²) in [6.07, 6.45) is 17.3. The van der Waals surface area contributed by atoms with Gasteiger partial charge in [0.1, 0.15) is 6.61 Å². The maximum atomic E-state index is 12.1. The Morgan fingerprint density at radius 2 is 1.06 bits per heavy atom. The number of rotatable bonds is 24. The zero-order valence-electron chi connectivity index (χ0n) is 21.5. The SMILES string of the molecule is CCCCCCCCCCCCCC(=O)OC(COC(=O)CCCCCCC)COP(=O)(O)O. The maximum Gasteiger partial charge on any atom is 0.469 e. The molecule has 0 aliphatic heterocycles. The van der Waals surface area contributed by atoms with E-state index < -0.39 is 32.5 Å². The molecule has 0 bridgehead atoms. The van der Waals surface area contributed by atoms with Crippen LogP contribution in [0.25, 0.3) is 0 Å². The number of phosphoric acid groups is 1. The van der Waals surface area contributed by atoms with Crippen molar-refractivity contribution in [3.63, 3.8) is 0 Å². The molecule has 0 aromatic heterocycles. The van der Waals surface area contributed by atoms with Crippen LogP contribution in [0, 0.1) is 0 Å². The molecule has 0 saturated heterocycles. The van der Waals surface area contributed by atoms with Crippen molar-refractivity contribution < 1.29 is 37.9 Å². The smallest absolute Gasteiger partial charge is 0.462 e. The van der Waals surface area contributed by atoms with Crippen LogP contribution in [0.1, 0.15) is 129 Å². The standard InChI is InChI=1S/C25H49O8P/c1-3-5-7-9-10-11-12-13-14-16-18-20-25(27)33-23(22-32-34(28,29)30)21-31-24(26)19-17-15-8-6-4-2/h23H,3-22H2,1-2H3,(H2,28,29,30). The Balaban J connectivity index is 4.07. The molecule has 1 atom stereocenters. The summed E-state index contributed by atoms with van der Waals surface area (Å²) in [5.74, 6) is -0.898. The molecule has 0 saturated carbocycles. The molecule has 1 unspecified atom stereocenters. The summed E-state index contributed by atoms with van der Waals surface area (Å²) < 4.78 is 25.9. The van der Waals surface area contributed by atoms with Gasteiger partial charge in [-0.05, 0) is 12.8 Å². The van der Waals surface area contributed by atoms with Crippen LogP contribution in [-0.4, -0.2) is 41.0 Å². The van der Waals surface area contributed by atoms with E-state index in [0.29, 0.717) is 6.42 Å². The molecule has 202 valence electrons. The molecule has 0 amide bonds. The summed E-state index contributed by atoms with van der Waals surface area (Å²) in [6.45, 7) is 3.53. The second kappa shape index (κ2) is 22.5.